The molecule has 1 fully saturated rings. The number of nitrogens with one attached hydrogen (secondary N) is 1. The van der Waals surface area contributed by atoms with E-state index in [9.17, 15) is 4.79 Å². The predicted molar refractivity (Wildman–Crippen MR) is 98.1 cm³/mol. The van der Waals surface area contributed by atoms with Gasteiger partial charge in [0, 0.05) is 30.7 Å². The van der Waals surface area contributed by atoms with Crippen molar-refractivity contribution in [2.45, 2.75) is 0 Å². The highest BCUT2D eigenvalue weighted by molar-refractivity contribution is 9.10. The Kier molecular flexibility index (Phi) is 5.02. The summed E-state index contributed by atoms with van der Waals surface area (Å²) in [5, 5.41) is 11.9. The maximum absolute atomic E-state index is 12.4. The molecule has 24 heavy (non-hydrogen) atoms. The predicted octanol–water partition coefficient (Wildman–Crippen LogP) is 3.67. The van der Waals surface area contributed by atoms with E-state index < -0.39 is 0 Å². The Balaban J connectivity index is 1.62. The quantitative estimate of drug-likeness (QED) is 0.858. The maximum Gasteiger partial charge on any atom is 0.322 e. The summed E-state index contributed by atoms with van der Waals surface area (Å²) in [6.45, 7) is 2.83. The second-order valence-corrected chi connectivity index (χ2v) is 6.37. The van der Waals surface area contributed by atoms with E-state index in [1.807, 2.05) is 18.2 Å². The van der Waals surface area contributed by atoms with Gasteiger partial charge in [0.1, 0.15) is 6.07 Å². The van der Waals surface area contributed by atoms with Crippen molar-refractivity contribution >= 4 is 33.3 Å². The number of carbonyl (C=O) groups excluding carboxylic acids is 1. The third-order valence-corrected chi connectivity index (χ3v) is 4.72. The number of piperazine rings is 1. The maximum atomic E-state index is 12.4. The fourth-order valence-electron chi connectivity index (χ4n) is 2.74. The number of nitrogens with zero attached hydrogens (tertiary/aromatic N) is 3. The molecule has 1 N–H and O–H groups in total. The molecule has 1 aliphatic rings. The first-order valence-corrected chi connectivity index (χ1v) is 8.53. The minimum absolute atomic E-state index is 0.163. The molecule has 3 rings (SSSR count). The minimum atomic E-state index is -0.163. The van der Waals surface area contributed by atoms with Gasteiger partial charge in [-0.3, -0.25) is 0 Å². The van der Waals surface area contributed by atoms with Crippen molar-refractivity contribution in [2.75, 3.05) is 36.4 Å². The molecule has 0 aliphatic carbocycles. The Morgan fingerprint density at radius 3 is 2.42 bits per heavy atom. The molecule has 1 saturated heterocycles. The van der Waals surface area contributed by atoms with Gasteiger partial charge in [-0.15, -0.1) is 0 Å². The van der Waals surface area contributed by atoms with Crippen LogP contribution in [0.3, 0.4) is 0 Å². The summed E-state index contributed by atoms with van der Waals surface area (Å²) in [6, 6.07) is 17.1. The van der Waals surface area contributed by atoms with Crippen LogP contribution >= 0.6 is 15.9 Å². The number of benzene rings is 2. The zero-order chi connectivity index (χ0) is 16.9. The Bertz CT molecular complexity index is 779. The van der Waals surface area contributed by atoms with Gasteiger partial charge in [0.05, 0.1) is 16.9 Å². The van der Waals surface area contributed by atoms with Crippen LogP contribution < -0.4 is 10.2 Å². The van der Waals surface area contributed by atoms with E-state index in [1.54, 1.807) is 29.2 Å². The Labute approximate surface area is 149 Å². The molecular formula is C18H17BrN4O. The summed E-state index contributed by atoms with van der Waals surface area (Å²) in [4.78, 5) is 16.5. The number of para-hydroxylation sites is 2. The number of hydrogen-bond acceptors (Lipinski definition) is 3. The fourth-order valence-corrected chi connectivity index (χ4v) is 3.28. The van der Waals surface area contributed by atoms with Crippen molar-refractivity contribution in [1.29, 1.82) is 5.26 Å². The third kappa shape index (κ3) is 3.52. The van der Waals surface area contributed by atoms with Gasteiger partial charge < -0.3 is 15.1 Å². The summed E-state index contributed by atoms with van der Waals surface area (Å²) in [7, 11) is 0. The first kappa shape index (κ1) is 16.3. The molecule has 0 saturated carbocycles. The molecule has 5 nitrogen and oxygen atoms in total. The van der Waals surface area contributed by atoms with Gasteiger partial charge >= 0.3 is 6.03 Å². The fraction of sp³-hybridized carbons (Fsp3) is 0.222. The van der Waals surface area contributed by atoms with Gasteiger partial charge in [-0.2, -0.15) is 5.26 Å². The Hall–Kier alpha value is -2.52. The van der Waals surface area contributed by atoms with Crippen LogP contribution in [0.25, 0.3) is 0 Å². The molecule has 0 unspecified atom stereocenters. The first-order valence-electron chi connectivity index (χ1n) is 7.73. The van der Waals surface area contributed by atoms with Crippen molar-refractivity contribution < 1.29 is 4.79 Å². The Morgan fingerprint density at radius 2 is 1.71 bits per heavy atom. The number of rotatable bonds is 2. The zero-order valence-corrected chi connectivity index (χ0v) is 14.7. The molecule has 6 heteroatoms. The summed E-state index contributed by atoms with van der Waals surface area (Å²) in [5.74, 6) is 0. The van der Waals surface area contributed by atoms with Crippen molar-refractivity contribution in [3.63, 3.8) is 0 Å². The molecule has 0 bridgehead atoms. The van der Waals surface area contributed by atoms with Gasteiger partial charge in [-0.1, -0.05) is 24.3 Å². The van der Waals surface area contributed by atoms with Crippen LogP contribution in [0.5, 0.6) is 0 Å². The molecule has 122 valence electrons. The van der Waals surface area contributed by atoms with E-state index in [-0.39, 0.29) is 6.03 Å². The largest absolute Gasteiger partial charge is 0.367 e. The zero-order valence-electron chi connectivity index (χ0n) is 13.1. The first-order chi connectivity index (χ1) is 11.7. The van der Waals surface area contributed by atoms with E-state index in [0.29, 0.717) is 24.3 Å². The molecule has 0 atom stereocenters. The van der Waals surface area contributed by atoms with Crippen molar-refractivity contribution in [3.8, 4) is 6.07 Å². The lowest BCUT2D eigenvalue weighted by Gasteiger charge is -2.36. The van der Waals surface area contributed by atoms with E-state index >= 15 is 0 Å². The van der Waals surface area contributed by atoms with E-state index in [0.717, 1.165) is 23.2 Å². The summed E-state index contributed by atoms with van der Waals surface area (Å²) in [6.07, 6.45) is 0. The average Bonchev–Trinajstić information content (AvgIpc) is 2.63. The number of anilines is 2. The van der Waals surface area contributed by atoms with E-state index in [1.165, 1.54) is 0 Å². The summed E-state index contributed by atoms with van der Waals surface area (Å²) in [5.41, 5.74) is 2.17. The molecule has 2 aromatic rings. The lowest BCUT2D eigenvalue weighted by atomic mass is 10.2. The van der Waals surface area contributed by atoms with Crippen LogP contribution in [0.2, 0.25) is 0 Å². The van der Waals surface area contributed by atoms with Gasteiger partial charge in [-0.25, -0.2) is 4.79 Å². The topological polar surface area (TPSA) is 59.4 Å². The van der Waals surface area contributed by atoms with Gasteiger partial charge in [0.25, 0.3) is 0 Å². The number of amides is 2. The van der Waals surface area contributed by atoms with Crippen molar-refractivity contribution in [1.82, 2.24) is 4.90 Å². The highest BCUT2D eigenvalue weighted by Crippen LogP contribution is 2.26. The summed E-state index contributed by atoms with van der Waals surface area (Å²) < 4.78 is 1.06. The second-order valence-electron chi connectivity index (χ2n) is 5.51. The average molecular weight is 385 g/mol. The number of urea groups is 1. The normalized spacial score (nSPS) is 14.2. The lowest BCUT2D eigenvalue weighted by molar-refractivity contribution is 0.208. The molecular weight excluding hydrogens is 368 g/mol. The van der Waals surface area contributed by atoms with Crippen LogP contribution in [-0.4, -0.2) is 37.1 Å². The number of carbonyl (C=O) groups is 1. The molecule has 0 aromatic heterocycles. The molecule has 0 radical (unpaired) electrons. The van der Waals surface area contributed by atoms with Gasteiger partial charge in [0.15, 0.2) is 0 Å². The van der Waals surface area contributed by atoms with Crippen LogP contribution in [0.1, 0.15) is 5.56 Å². The molecule has 1 aliphatic heterocycles. The smallest absolute Gasteiger partial charge is 0.322 e. The highest BCUT2D eigenvalue weighted by Gasteiger charge is 2.22. The number of halogens is 1. The standard InChI is InChI=1S/C18H17BrN4O/c19-15-6-2-4-8-17(15)22-9-11-23(12-10-22)18(24)21-16-7-3-1-5-14(16)13-20/h1-8H,9-12H2,(H,21,24). The minimum Gasteiger partial charge on any atom is -0.367 e. The van der Waals surface area contributed by atoms with E-state index in [2.05, 4.69) is 38.3 Å². The van der Waals surface area contributed by atoms with Crippen LogP contribution in [0, 0.1) is 11.3 Å². The number of hydrogen-bond donors (Lipinski definition) is 1. The second kappa shape index (κ2) is 7.37. The van der Waals surface area contributed by atoms with Crippen LogP contribution in [0.15, 0.2) is 53.0 Å². The SMILES string of the molecule is N#Cc1ccccc1NC(=O)N1CCN(c2ccccc2Br)CC1. The number of nitriles is 1. The Morgan fingerprint density at radius 1 is 1.04 bits per heavy atom. The van der Waals surface area contributed by atoms with Crippen LogP contribution in [0.4, 0.5) is 16.2 Å². The molecule has 2 amide bonds. The van der Waals surface area contributed by atoms with Crippen LogP contribution in [-0.2, 0) is 0 Å². The van der Waals surface area contributed by atoms with Crippen molar-refractivity contribution in [2.24, 2.45) is 0 Å². The van der Waals surface area contributed by atoms with E-state index in [4.69, 9.17) is 5.26 Å². The third-order valence-electron chi connectivity index (χ3n) is 4.05. The summed E-state index contributed by atoms with van der Waals surface area (Å²) >= 11 is 3.57. The molecule has 1 heterocycles. The lowest BCUT2D eigenvalue weighted by Crippen LogP contribution is -2.50. The molecule has 0 spiro atoms. The van der Waals surface area contributed by atoms with Gasteiger partial charge in [-0.05, 0) is 40.2 Å². The van der Waals surface area contributed by atoms with Gasteiger partial charge in [0.2, 0.25) is 0 Å². The van der Waals surface area contributed by atoms with Crippen molar-refractivity contribution in [3.05, 3.63) is 58.6 Å². The highest BCUT2D eigenvalue weighted by atomic mass is 79.9. The molecule has 2 aromatic carbocycles. The monoisotopic (exact) mass is 384 g/mol.